The Morgan fingerprint density at radius 3 is 2.86 bits per heavy atom. The zero-order valence-corrected chi connectivity index (χ0v) is 11.8. The number of carbonyl (C=O) groups is 2. The Labute approximate surface area is 122 Å². The molecule has 21 heavy (non-hydrogen) atoms. The first-order valence-electron chi connectivity index (χ1n) is 6.99. The molecule has 0 aliphatic carbocycles. The van der Waals surface area contributed by atoms with E-state index in [4.69, 9.17) is 14.2 Å². The summed E-state index contributed by atoms with van der Waals surface area (Å²) in [6.07, 6.45) is 2.46. The van der Waals surface area contributed by atoms with Gasteiger partial charge in [0.1, 0.15) is 6.04 Å². The average Bonchev–Trinajstić information content (AvgIpc) is 3.01. The molecule has 2 aliphatic heterocycles. The van der Waals surface area contributed by atoms with Crippen molar-refractivity contribution in [3.05, 3.63) is 23.8 Å². The molecule has 6 heteroatoms. The molecule has 1 saturated heterocycles. The van der Waals surface area contributed by atoms with Gasteiger partial charge >= 0.3 is 5.97 Å². The van der Waals surface area contributed by atoms with Crippen molar-refractivity contribution in [1.29, 1.82) is 0 Å². The second kappa shape index (κ2) is 5.63. The molecule has 1 atom stereocenters. The van der Waals surface area contributed by atoms with Crippen LogP contribution in [0.4, 0.5) is 0 Å². The van der Waals surface area contributed by atoms with Gasteiger partial charge in [0.05, 0.1) is 7.11 Å². The number of amides is 1. The van der Waals surface area contributed by atoms with E-state index < -0.39 is 6.04 Å². The third kappa shape index (κ3) is 2.53. The fourth-order valence-electron chi connectivity index (χ4n) is 2.75. The molecule has 0 spiro atoms. The van der Waals surface area contributed by atoms with E-state index in [2.05, 4.69) is 0 Å². The van der Waals surface area contributed by atoms with Gasteiger partial charge in [0.15, 0.2) is 11.5 Å². The number of hydrogen-bond acceptors (Lipinski definition) is 5. The summed E-state index contributed by atoms with van der Waals surface area (Å²) in [5.41, 5.74) is 0.495. The van der Waals surface area contributed by atoms with Gasteiger partial charge in [-0.2, -0.15) is 0 Å². The first-order chi connectivity index (χ1) is 10.2. The predicted octanol–water partition coefficient (Wildman–Crippen LogP) is 1.58. The quantitative estimate of drug-likeness (QED) is 0.774. The molecule has 112 valence electrons. The summed E-state index contributed by atoms with van der Waals surface area (Å²) in [6.45, 7) is 0.731. The number of piperidine rings is 1. The van der Waals surface area contributed by atoms with E-state index in [0.29, 0.717) is 30.0 Å². The monoisotopic (exact) mass is 291 g/mol. The lowest BCUT2D eigenvalue weighted by molar-refractivity contribution is -0.147. The fraction of sp³-hybridized carbons (Fsp3) is 0.467. The zero-order valence-electron chi connectivity index (χ0n) is 11.8. The first kappa shape index (κ1) is 13.7. The minimum Gasteiger partial charge on any atom is -0.467 e. The van der Waals surface area contributed by atoms with Crippen molar-refractivity contribution >= 4 is 11.9 Å². The molecule has 6 nitrogen and oxygen atoms in total. The molecule has 2 heterocycles. The number of nitrogens with zero attached hydrogens (tertiary/aromatic N) is 1. The van der Waals surface area contributed by atoms with E-state index >= 15 is 0 Å². The number of rotatable bonds is 2. The maximum absolute atomic E-state index is 12.7. The van der Waals surface area contributed by atoms with Gasteiger partial charge in [0.2, 0.25) is 6.79 Å². The van der Waals surface area contributed by atoms with Crippen molar-refractivity contribution in [2.45, 2.75) is 25.3 Å². The van der Waals surface area contributed by atoms with E-state index in [-0.39, 0.29) is 18.7 Å². The van der Waals surface area contributed by atoms with Gasteiger partial charge in [-0.05, 0) is 37.5 Å². The van der Waals surface area contributed by atoms with Gasteiger partial charge in [-0.25, -0.2) is 4.79 Å². The summed E-state index contributed by atoms with van der Waals surface area (Å²) in [5.74, 6) is 0.661. The third-order valence-corrected chi connectivity index (χ3v) is 3.86. The van der Waals surface area contributed by atoms with Crippen LogP contribution in [-0.2, 0) is 9.53 Å². The summed E-state index contributed by atoms with van der Waals surface area (Å²) >= 11 is 0. The highest BCUT2D eigenvalue weighted by Crippen LogP contribution is 2.33. The van der Waals surface area contributed by atoms with Crippen molar-refractivity contribution in [2.24, 2.45) is 0 Å². The molecule has 0 bridgehead atoms. The second-order valence-corrected chi connectivity index (χ2v) is 5.10. The zero-order chi connectivity index (χ0) is 14.8. The summed E-state index contributed by atoms with van der Waals surface area (Å²) in [7, 11) is 1.35. The molecule has 1 aromatic rings. The van der Waals surface area contributed by atoms with Crippen LogP contribution in [0.25, 0.3) is 0 Å². The van der Waals surface area contributed by atoms with Crippen LogP contribution in [-0.4, -0.2) is 43.3 Å². The molecule has 0 unspecified atom stereocenters. The highest BCUT2D eigenvalue weighted by atomic mass is 16.7. The van der Waals surface area contributed by atoms with Crippen LogP contribution in [0.15, 0.2) is 18.2 Å². The maximum atomic E-state index is 12.7. The Kier molecular flexibility index (Phi) is 3.68. The van der Waals surface area contributed by atoms with Crippen molar-refractivity contribution in [2.75, 3.05) is 20.4 Å². The SMILES string of the molecule is COC(=O)[C@H]1CCCCN1C(=O)c1ccc2c(c1)OCO2. The van der Waals surface area contributed by atoms with Crippen LogP contribution in [0.3, 0.4) is 0 Å². The smallest absolute Gasteiger partial charge is 0.328 e. The number of benzene rings is 1. The van der Waals surface area contributed by atoms with E-state index in [1.165, 1.54) is 7.11 Å². The normalized spacial score (nSPS) is 20.2. The molecular weight excluding hydrogens is 274 g/mol. The topological polar surface area (TPSA) is 65.1 Å². The minimum atomic E-state index is -0.498. The number of methoxy groups -OCH3 is 1. The number of likely N-dealkylation sites (tertiary alicyclic amines) is 1. The fourth-order valence-corrected chi connectivity index (χ4v) is 2.75. The summed E-state index contributed by atoms with van der Waals surface area (Å²) in [4.78, 5) is 26.1. The Bertz CT molecular complexity index is 571. The number of hydrogen-bond donors (Lipinski definition) is 0. The van der Waals surface area contributed by atoms with E-state index in [0.717, 1.165) is 12.8 Å². The molecule has 0 aromatic heterocycles. The Balaban J connectivity index is 1.84. The number of ether oxygens (including phenoxy) is 3. The molecule has 1 amide bonds. The second-order valence-electron chi connectivity index (χ2n) is 5.10. The molecule has 2 aliphatic rings. The summed E-state index contributed by atoms with van der Waals surface area (Å²) in [6, 6.07) is 4.57. The number of esters is 1. The lowest BCUT2D eigenvalue weighted by Crippen LogP contribution is -2.48. The van der Waals surface area contributed by atoms with Crippen LogP contribution in [0.2, 0.25) is 0 Å². The van der Waals surface area contributed by atoms with Gasteiger partial charge < -0.3 is 19.1 Å². The van der Waals surface area contributed by atoms with Gasteiger partial charge in [-0.3, -0.25) is 4.79 Å². The minimum absolute atomic E-state index is 0.168. The molecule has 0 N–H and O–H groups in total. The Morgan fingerprint density at radius 1 is 1.24 bits per heavy atom. The van der Waals surface area contributed by atoms with Crippen LogP contribution < -0.4 is 9.47 Å². The molecule has 3 rings (SSSR count). The van der Waals surface area contributed by atoms with Gasteiger partial charge in [0, 0.05) is 12.1 Å². The van der Waals surface area contributed by atoms with Crippen LogP contribution in [0.5, 0.6) is 11.5 Å². The van der Waals surface area contributed by atoms with E-state index in [9.17, 15) is 9.59 Å². The van der Waals surface area contributed by atoms with Crippen LogP contribution in [0.1, 0.15) is 29.6 Å². The van der Waals surface area contributed by atoms with Gasteiger partial charge in [-0.15, -0.1) is 0 Å². The van der Waals surface area contributed by atoms with E-state index in [1.54, 1.807) is 23.1 Å². The van der Waals surface area contributed by atoms with Gasteiger partial charge in [-0.1, -0.05) is 0 Å². The standard InChI is InChI=1S/C15H17NO5/c1-19-15(18)11-4-2-3-7-16(11)14(17)10-5-6-12-13(8-10)21-9-20-12/h5-6,8,11H,2-4,7,9H2,1H3/t11-/m1/s1. The highest BCUT2D eigenvalue weighted by molar-refractivity contribution is 5.97. The Morgan fingerprint density at radius 2 is 2.05 bits per heavy atom. The van der Waals surface area contributed by atoms with Crippen LogP contribution in [0, 0.1) is 0 Å². The first-order valence-corrected chi connectivity index (χ1v) is 6.99. The lowest BCUT2D eigenvalue weighted by atomic mass is 10.0. The van der Waals surface area contributed by atoms with Crippen LogP contribution >= 0.6 is 0 Å². The predicted molar refractivity (Wildman–Crippen MR) is 73.3 cm³/mol. The molecule has 1 fully saturated rings. The molecule has 1 aromatic carbocycles. The molecular formula is C15H17NO5. The van der Waals surface area contributed by atoms with Gasteiger partial charge in [0.25, 0.3) is 5.91 Å². The average molecular weight is 291 g/mol. The van der Waals surface area contributed by atoms with Crippen molar-refractivity contribution in [1.82, 2.24) is 4.90 Å². The summed E-state index contributed by atoms with van der Waals surface area (Å²) in [5, 5.41) is 0. The number of fused-ring (bicyclic) bond motifs is 1. The summed E-state index contributed by atoms with van der Waals surface area (Å²) < 4.78 is 15.3. The maximum Gasteiger partial charge on any atom is 0.328 e. The third-order valence-electron chi connectivity index (χ3n) is 3.86. The Hall–Kier alpha value is -2.24. The largest absolute Gasteiger partial charge is 0.467 e. The highest BCUT2D eigenvalue weighted by Gasteiger charge is 2.33. The van der Waals surface area contributed by atoms with Crippen molar-refractivity contribution in [3.8, 4) is 11.5 Å². The van der Waals surface area contributed by atoms with E-state index in [1.807, 2.05) is 0 Å². The van der Waals surface area contributed by atoms with Crippen molar-refractivity contribution < 1.29 is 23.8 Å². The lowest BCUT2D eigenvalue weighted by Gasteiger charge is -2.33. The molecule has 0 radical (unpaired) electrons. The molecule has 0 saturated carbocycles. The number of carbonyl (C=O) groups excluding carboxylic acids is 2. The van der Waals surface area contributed by atoms with Crippen molar-refractivity contribution in [3.63, 3.8) is 0 Å².